The van der Waals surface area contributed by atoms with Crippen LogP contribution in [-0.4, -0.2) is 56.2 Å². The van der Waals surface area contributed by atoms with Gasteiger partial charge in [0, 0.05) is 18.2 Å². The normalized spacial score (nSPS) is 22.5. The lowest BCUT2D eigenvalue weighted by atomic mass is 9.83. The Kier molecular flexibility index (Phi) is 6.27. The van der Waals surface area contributed by atoms with E-state index in [2.05, 4.69) is 5.16 Å². The fourth-order valence-corrected chi connectivity index (χ4v) is 6.03. The van der Waals surface area contributed by atoms with Crippen molar-refractivity contribution in [2.24, 2.45) is 5.16 Å². The maximum Gasteiger partial charge on any atom is 0.435 e. The number of likely N-dealkylation sites (tertiary alicyclic amines) is 1. The average Bonchev–Trinajstić information content (AvgIpc) is 3.37. The zero-order valence-electron chi connectivity index (χ0n) is 19.0. The summed E-state index contributed by atoms with van der Waals surface area (Å²) in [6.07, 6.45) is -4.48. The largest absolute Gasteiger partial charge is 0.435 e. The number of oxime groups is 1. The van der Waals surface area contributed by atoms with Gasteiger partial charge in [0.25, 0.3) is 5.60 Å². The number of carbonyl (C=O) groups is 1. The number of amides is 1. The van der Waals surface area contributed by atoms with Gasteiger partial charge in [0.1, 0.15) is 11.4 Å². The molecule has 37 heavy (non-hydrogen) atoms. The van der Waals surface area contributed by atoms with Crippen LogP contribution in [0, 0.1) is 0 Å². The van der Waals surface area contributed by atoms with E-state index in [0.717, 1.165) is 29.5 Å². The van der Waals surface area contributed by atoms with Crippen molar-refractivity contribution in [3.63, 3.8) is 0 Å². The molecule has 14 heteroatoms. The van der Waals surface area contributed by atoms with Crippen LogP contribution in [-0.2, 0) is 42.0 Å². The van der Waals surface area contributed by atoms with Crippen LogP contribution in [0.3, 0.4) is 0 Å². The molecular weight excluding hydrogens is 580 g/mol. The van der Waals surface area contributed by atoms with Gasteiger partial charge < -0.3 is 14.5 Å². The minimum absolute atomic E-state index is 0.0660. The Bertz CT molecular complexity index is 1440. The molecule has 0 radical (unpaired) electrons. The number of benzene rings is 2. The highest BCUT2D eigenvalue weighted by atomic mass is 35.5. The van der Waals surface area contributed by atoms with Gasteiger partial charge in [-0.15, -0.1) is 0 Å². The highest BCUT2D eigenvalue weighted by molar-refractivity contribution is 7.91. The third kappa shape index (κ3) is 4.48. The molecule has 1 amide bonds. The van der Waals surface area contributed by atoms with Crippen LogP contribution in [0.1, 0.15) is 28.7 Å². The molecule has 0 saturated carbocycles. The van der Waals surface area contributed by atoms with Gasteiger partial charge in [-0.25, -0.2) is 8.42 Å². The summed E-state index contributed by atoms with van der Waals surface area (Å²) < 4.78 is 71.8. The number of hydrogen-bond donors (Lipinski definition) is 0. The molecule has 0 N–H and O–H groups in total. The van der Waals surface area contributed by atoms with E-state index in [1.807, 2.05) is 0 Å². The van der Waals surface area contributed by atoms with E-state index in [1.165, 1.54) is 4.90 Å². The standard InChI is InChI=1S/C23H18Cl3F3N2O5S/c1-37(33,34)9-19(32)31-10-21(11-31)15-3-2-12(4-13(15)8-35-21)18-7-22(36-30-18,23(27,28)29)14-5-16(24)20(26)17(25)6-14/h2-6H,7-11H2,1H3. The summed E-state index contributed by atoms with van der Waals surface area (Å²) in [5, 5.41) is 3.42. The third-order valence-corrected chi connectivity index (χ3v) is 8.67. The first-order chi connectivity index (χ1) is 17.1. The molecule has 1 spiro atoms. The fraction of sp³-hybridized carbons (Fsp3) is 0.391. The van der Waals surface area contributed by atoms with Gasteiger partial charge in [-0.05, 0) is 34.9 Å². The summed E-state index contributed by atoms with van der Waals surface area (Å²) >= 11 is 17.9. The second-order valence-electron chi connectivity index (χ2n) is 9.36. The van der Waals surface area contributed by atoms with Crippen LogP contribution in [0.4, 0.5) is 13.2 Å². The van der Waals surface area contributed by atoms with Gasteiger partial charge in [0.2, 0.25) is 5.91 Å². The van der Waals surface area contributed by atoms with Crippen molar-refractivity contribution >= 4 is 56.3 Å². The number of fused-ring (bicyclic) bond motifs is 2. The van der Waals surface area contributed by atoms with Crippen LogP contribution in [0.5, 0.6) is 0 Å². The molecule has 3 aliphatic heterocycles. The molecule has 5 rings (SSSR count). The van der Waals surface area contributed by atoms with Crippen molar-refractivity contribution in [2.45, 2.75) is 30.4 Å². The van der Waals surface area contributed by atoms with Crippen molar-refractivity contribution in [1.82, 2.24) is 4.90 Å². The van der Waals surface area contributed by atoms with Gasteiger partial charge in [-0.2, -0.15) is 13.2 Å². The number of sulfone groups is 1. The predicted molar refractivity (Wildman–Crippen MR) is 131 cm³/mol. The number of ether oxygens (including phenoxy) is 1. The van der Waals surface area contributed by atoms with Gasteiger partial charge in [-0.3, -0.25) is 4.79 Å². The summed E-state index contributed by atoms with van der Waals surface area (Å²) in [5.74, 6) is -1.09. The lowest BCUT2D eigenvalue weighted by Gasteiger charge is -2.47. The van der Waals surface area contributed by atoms with Crippen LogP contribution < -0.4 is 0 Å². The van der Waals surface area contributed by atoms with Crippen LogP contribution in [0.15, 0.2) is 35.5 Å². The van der Waals surface area contributed by atoms with Crippen molar-refractivity contribution in [3.05, 3.63) is 67.7 Å². The summed E-state index contributed by atoms with van der Waals surface area (Å²) in [5.41, 5.74) is -1.89. The number of rotatable bonds is 4. The maximum atomic E-state index is 14.3. The molecule has 2 aromatic rings. The first-order valence-electron chi connectivity index (χ1n) is 10.8. The minimum Gasteiger partial charge on any atom is -0.374 e. The lowest BCUT2D eigenvalue weighted by Crippen LogP contribution is -2.62. The highest BCUT2D eigenvalue weighted by Gasteiger charge is 2.62. The third-order valence-electron chi connectivity index (χ3n) is 6.70. The molecule has 0 bridgehead atoms. The van der Waals surface area contributed by atoms with E-state index < -0.39 is 45.3 Å². The van der Waals surface area contributed by atoms with E-state index in [4.69, 9.17) is 44.4 Å². The molecule has 2 aromatic carbocycles. The molecule has 7 nitrogen and oxygen atoms in total. The predicted octanol–water partition coefficient (Wildman–Crippen LogP) is 4.84. The molecule has 1 fully saturated rings. The quantitative estimate of drug-likeness (QED) is 0.471. The summed E-state index contributed by atoms with van der Waals surface area (Å²) in [7, 11) is -3.46. The molecule has 3 heterocycles. The SMILES string of the molecule is CS(=O)(=O)CC(=O)N1CC2(C1)OCc1cc(C3=NOC(c4cc(Cl)c(Cl)c(Cl)c4)(C(F)(F)F)C3)ccc12. The zero-order chi connectivity index (χ0) is 27.0. The Labute approximate surface area is 225 Å². The Balaban J connectivity index is 1.38. The Morgan fingerprint density at radius 1 is 1.14 bits per heavy atom. The topological polar surface area (TPSA) is 85.3 Å². The summed E-state index contributed by atoms with van der Waals surface area (Å²) in [6.45, 7) is 0.554. The Morgan fingerprint density at radius 3 is 2.38 bits per heavy atom. The minimum atomic E-state index is -4.85. The first kappa shape index (κ1) is 26.6. The molecule has 0 aromatic heterocycles. The van der Waals surface area contributed by atoms with Crippen molar-refractivity contribution in [1.29, 1.82) is 0 Å². The van der Waals surface area contributed by atoms with E-state index in [0.29, 0.717) is 5.56 Å². The molecule has 3 aliphatic rings. The molecule has 1 unspecified atom stereocenters. The molecule has 198 valence electrons. The molecule has 1 saturated heterocycles. The fourth-order valence-electron chi connectivity index (χ4n) is 4.80. The average molecular weight is 598 g/mol. The molecular formula is C23H18Cl3F3N2O5S. The number of halogens is 6. The summed E-state index contributed by atoms with van der Waals surface area (Å²) in [6, 6.07) is 7.15. The van der Waals surface area contributed by atoms with Crippen LogP contribution in [0.25, 0.3) is 0 Å². The van der Waals surface area contributed by atoms with E-state index in [-0.39, 0.29) is 46.0 Å². The van der Waals surface area contributed by atoms with Crippen molar-refractivity contribution < 1.29 is 36.0 Å². The second kappa shape index (κ2) is 8.74. The highest BCUT2D eigenvalue weighted by Crippen LogP contribution is 2.51. The first-order valence-corrected chi connectivity index (χ1v) is 14.0. The van der Waals surface area contributed by atoms with Crippen molar-refractivity contribution in [2.75, 3.05) is 25.1 Å². The van der Waals surface area contributed by atoms with Crippen molar-refractivity contribution in [3.8, 4) is 0 Å². The second-order valence-corrected chi connectivity index (χ2v) is 12.7. The van der Waals surface area contributed by atoms with E-state index in [1.54, 1.807) is 18.2 Å². The van der Waals surface area contributed by atoms with E-state index >= 15 is 0 Å². The van der Waals surface area contributed by atoms with Gasteiger partial charge in [-0.1, -0.05) is 52.1 Å². The zero-order valence-corrected chi connectivity index (χ0v) is 22.1. The summed E-state index contributed by atoms with van der Waals surface area (Å²) in [4.78, 5) is 18.6. The number of nitrogens with zero attached hydrogens (tertiary/aromatic N) is 2. The maximum absolute atomic E-state index is 14.3. The Morgan fingerprint density at radius 2 is 1.78 bits per heavy atom. The lowest BCUT2D eigenvalue weighted by molar-refractivity contribution is -0.275. The number of alkyl halides is 3. The van der Waals surface area contributed by atoms with Gasteiger partial charge >= 0.3 is 6.18 Å². The van der Waals surface area contributed by atoms with Gasteiger partial charge in [0.15, 0.2) is 9.84 Å². The number of carbonyl (C=O) groups excluding carboxylic acids is 1. The van der Waals surface area contributed by atoms with Crippen LogP contribution in [0.2, 0.25) is 15.1 Å². The molecule has 1 atom stereocenters. The smallest absolute Gasteiger partial charge is 0.374 e. The monoisotopic (exact) mass is 596 g/mol. The Hall–Kier alpha value is -2.05. The van der Waals surface area contributed by atoms with E-state index in [9.17, 15) is 26.4 Å². The van der Waals surface area contributed by atoms with Gasteiger partial charge in [0.05, 0.1) is 40.5 Å². The number of hydrogen-bond acceptors (Lipinski definition) is 6. The van der Waals surface area contributed by atoms with Crippen LogP contribution >= 0.6 is 34.8 Å². The molecule has 0 aliphatic carbocycles.